The molecule has 0 radical (unpaired) electrons. The lowest BCUT2D eigenvalue weighted by Gasteiger charge is -2.29. The summed E-state index contributed by atoms with van der Waals surface area (Å²) < 4.78 is 0. The zero-order valence-electron chi connectivity index (χ0n) is 30.6. The summed E-state index contributed by atoms with van der Waals surface area (Å²) in [6.07, 6.45) is 39.9. The van der Waals surface area contributed by atoms with Gasteiger partial charge in [0.15, 0.2) is 0 Å². The summed E-state index contributed by atoms with van der Waals surface area (Å²) in [5.74, 6) is -2.53. The smallest absolute Gasteiger partial charge is 0.306 e. The van der Waals surface area contributed by atoms with Gasteiger partial charge < -0.3 is 15.1 Å². The average Bonchev–Trinajstić information content (AvgIpc) is 3.40. The van der Waals surface area contributed by atoms with Crippen molar-refractivity contribution in [2.45, 2.75) is 181 Å². The molecule has 5 heteroatoms. The monoisotopic (exact) mass is 646 g/mol. The molecule has 0 aromatic carbocycles. The number of nitrogens with zero attached hydrogens (tertiary/aromatic N) is 1. The molecule has 0 bridgehead atoms. The van der Waals surface area contributed by atoms with Crippen LogP contribution in [0.4, 0.5) is 0 Å². The molecule has 0 aromatic rings. The third-order valence-corrected chi connectivity index (χ3v) is 10.3. The predicted octanol–water partition coefficient (Wildman–Crippen LogP) is 11.9. The third-order valence-electron chi connectivity index (χ3n) is 10.3. The van der Waals surface area contributed by atoms with Crippen LogP contribution in [0, 0.1) is 23.7 Å². The number of rotatable bonds is 32. The van der Waals surface area contributed by atoms with Gasteiger partial charge in [0.1, 0.15) is 0 Å². The summed E-state index contributed by atoms with van der Waals surface area (Å²) in [6.45, 7) is 5.91. The molecule has 1 aliphatic rings. The van der Waals surface area contributed by atoms with Gasteiger partial charge in [-0.3, -0.25) is 9.59 Å². The summed E-state index contributed by atoms with van der Waals surface area (Å²) in [5, 5.41) is 20.4. The van der Waals surface area contributed by atoms with Crippen molar-refractivity contribution in [2.75, 3.05) is 20.1 Å². The average molecular weight is 646 g/mol. The zero-order valence-corrected chi connectivity index (χ0v) is 30.6. The summed E-state index contributed by atoms with van der Waals surface area (Å²) in [7, 11) is 2.02. The van der Waals surface area contributed by atoms with E-state index in [0.29, 0.717) is 25.9 Å². The van der Waals surface area contributed by atoms with E-state index in [1.54, 1.807) is 0 Å². The Morgan fingerprint density at radius 2 is 0.804 bits per heavy atom. The first-order valence-corrected chi connectivity index (χ1v) is 19.9. The van der Waals surface area contributed by atoms with Crippen LogP contribution in [0.1, 0.15) is 181 Å². The van der Waals surface area contributed by atoms with E-state index in [1.165, 1.54) is 89.9 Å². The van der Waals surface area contributed by atoms with Crippen molar-refractivity contribution in [1.29, 1.82) is 0 Å². The molecule has 0 spiro atoms. The normalized spacial score (nSPS) is 18.6. The van der Waals surface area contributed by atoms with Crippen molar-refractivity contribution in [3.05, 3.63) is 24.3 Å². The number of allylic oxidation sites excluding steroid dienone is 4. The second-order valence-electron chi connectivity index (χ2n) is 14.5. The van der Waals surface area contributed by atoms with Crippen molar-refractivity contribution in [1.82, 2.24) is 4.90 Å². The Balaban J connectivity index is 2.33. The first kappa shape index (κ1) is 42.4. The number of likely N-dealkylation sites (tertiary alicyclic amines) is 1. The molecule has 0 aliphatic carbocycles. The van der Waals surface area contributed by atoms with Gasteiger partial charge in [0.05, 0.1) is 11.8 Å². The Morgan fingerprint density at radius 3 is 1.11 bits per heavy atom. The number of carboxylic acid groups (broad SMARTS) is 2. The molecule has 1 rings (SSSR count). The van der Waals surface area contributed by atoms with Crippen LogP contribution in [0.25, 0.3) is 0 Å². The SMILES string of the molecule is CCCCCCCC/C=C\CCCCCCC(C(=O)O)[C@@H]1CN(C)C[C@H]1C(CCCCCC/C=C\CCCCCCCC)C(=O)O. The third kappa shape index (κ3) is 21.3. The largest absolute Gasteiger partial charge is 0.481 e. The van der Waals surface area contributed by atoms with E-state index < -0.39 is 23.8 Å². The number of aliphatic carboxylic acids is 2. The summed E-state index contributed by atoms with van der Waals surface area (Å²) in [5.41, 5.74) is 0. The zero-order chi connectivity index (χ0) is 33.7. The van der Waals surface area contributed by atoms with Crippen LogP contribution in [0.5, 0.6) is 0 Å². The van der Waals surface area contributed by atoms with Gasteiger partial charge in [0.2, 0.25) is 0 Å². The molecule has 0 saturated carbocycles. The number of carbonyl (C=O) groups is 2. The van der Waals surface area contributed by atoms with E-state index in [-0.39, 0.29) is 11.8 Å². The van der Waals surface area contributed by atoms with Crippen molar-refractivity contribution >= 4 is 11.9 Å². The second kappa shape index (κ2) is 29.5. The van der Waals surface area contributed by atoms with Crippen molar-refractivity contribution in [2.24, 2.45) is 23.7 Å². The Kier molecular flexibility index (Phi) is 27.2. The summed E-state index contributed by atoms with van der Waals surface area (Å²) >= 11 is 0. The van der Waals surface area contributed by atoms with Crippen molar-refractivity contribution in [3.8, 4) is 0 Å². The fourth-order valence-electron chi connectivity index (χ4n) is 7.47. The van der Waals surface area contributed by atoms with Crippen LogP contribution in [-0.4, -0.2) is 47.2 Å². The number of carboxylic acids is 2. The molecular weight excluding hydrogens is 570 g/mol. The van der Waals surface area contributed by atoms with Crippen LogP contribution < -0.4 is 0 Å². The Labute approximate surface area is 285 Å². The van der Waals surface area contributed by atoms with E-state index in [2.05, 4.69) is 43.1 Å². The molecular formula is C41H75NO4. The molecule has 0 amide bonds. The minimum Gasteiger partial charge on any atom is -0.481 e. The van der Waals surface area contributed by atoms with E-state index in [9.17, 15) is 19.8 Å². The second-order valence-corrected chi connectivity index (χ2v) is 14.5. The van der Waals surface area contributed by atoms with Crippen molar-refractivity contribution in [3.63, 3.8) is 0 Å². The highest BCUT2D eigenvalue weighted by Gasteiger charge is 2.44. The maximum atomic E-state index is 12.4. The fraction of sp³-hybridized carbons (Fsp3) is 0.854. The van der Waals surface area contributed by atoms with Gasteiger partial charge >= 0.3 is 11.9 Å². The highest BCUT2D eigenvalue weighted by Crippen LogP contribution is 2.39. The van der Waals surface area contributed by atoms with Gasteiger partial charge in [0, 0.05) is 13.1 Å². The van der Waals surface area contributed by atoms with Gasteiger partial charge in [-0.15, -0.1) is 0 Å². The Bertz CT molecular complexity index is 729. The molecule has 0 aromatic heterocycles. The van der Waals surface area contributed by atoms with Crippen LogP contribution in [0.2, 0.25) is 0 Å². The van der Waals surface area contributed by atoms with E-state index in [4.69, 9.17) is 0 Å². The van der Waals surface area contributed by atoms with E-state index in [0.717, 1.165) is 64.2 Å². The molecule has 1 fully saturated rings. The lowest BCUT2D eigenvalue weighted by Crippen LogP contribution is -2.35. The molecule has 1 heterocycles. The molecule has 1 saturated heterocycles. The van der Waals surface area contributed by atoms with E-state index >= 15 is 0 Å². The topological polar surface area (TPSA) is 77.8 Å². The molecule has 268 valence electrons. The first-order chi connectivity index (χ1) is 22.4. The maximum Gasteiger partial charge on any atom is 0.306 e. The van der Waals surface area contributed by atoms with Gasteiger partial charge in [0.25, 0.3) is 0 Å². The molecule has 46 heavy (non-hydrogen) atoms. The van der Waals surface area contributed by atoms with Crippen LogP contribution in [0.15, 0.2) is 24.3 Å². The van der Waals surface area contributed by atoms with Gasteiger partial charge in [-0.2, -0.15) is 0 Å². The van der Waals surface area contributed by atoms with Crippen LogP contribution in [-0.2, 0) is 9.59 Å². The molecule has 2 N–H and O–H groups in total. The Hall–Kier alpha value is -1.62. The standard InChI is InChI=1S/C41H75NO4/c1-4-6-8-10-12-14-16-18-20-22-24-26-28-30-32-36(40(43)44)38-34-42(3)35-39(38)37(41(45)46)33-31-29-27-25-23-21-19-17-15-13-11-9-7-5-2/h18-21,36-39H,4-17,22-35H2,1-3H3,(H,43,44)(H,45,46)/b20-18-,21-19-/t36?,37?,38-,39-/m0/s1. The van der Waals surface area contributed by atoms with Gasteiger partial charge in [-0.1, -0.05) is 141 Å². The minimum absolute atomic E-state index is 0.0784. The minimum atomic E-state index is -0.739. The van der Waals surface area contributed by atoms with Crippen LogP contribution >= 0.6 is 0 Å². The molecule has 2 unspecified atom stereocenters. The van der Waals surface area contributed by atoms with E-state index in [1.807, 2.05) is 7.05 Å². The fourth-order valence-corrected chi connectivity index (χ4v) is 7.47. The van der Waals surface area contributed by atoms with Crippen molar-refractivity contribution < 1.29 is 19.8 Å². The van der Waals surface area contributed by atoms with Crippen LogP contribution in [0.3, 0.4) is 0 Å². The molecule has 4 atom stereocenters. The summed E-state index contributed by atoms with van der Waals surface area (Å²) in [6, 6.07) is 0. The summed E-state index contributed by atoms with van der Waals surface area (Å²) in [4.78, 5) is 27.0. The highest BCUT2D eigenvalue weighted by atomic mass is 16.4. The van der Waals surface area contributed by atoms with Gasteiger partial charge in [-0.25, -0.2) is 0 Å². The van der Waals surface area contributed by atoms with Gasteiger partial charge in [-0.05, 0) is 83.1 Å². The molecule has 5 nitrogen and oxygen atoms in total. The number of hydrogen-bond acceptors (Lipinski definition) is 3. The quantitative estimate of drug-likeness (QED) is 0.0562. The lowest BCUT2D eigenvalue weighted by molar-refractivity contribution is -0.149. The lowest BCUT2D eigenvalue weighted by atomic mass is 9.73. The first-order valence-electron chi connectivity index (χ1n) is 19.9. The predicted molar refractivity (Wildman–Crippen MR) is 196 cm³/mol. The maximum absolute atomic E-state index is 12.4. The number of unbranched alkanes of at least 4 members (excludes halogenated alkanes) is 20. The highest BCUT2D eigenvalue weighted by molar-refractivity contribution is 5.72. The Morgan fingerprint density at radius 1 is 0.522 bits per heavy atom. The number of hydrogen-bond donors (Lipinski definition) is 2. The molecule has 1 aliphatic heterocycles.